The molecule has 0 saturated heterocycles. The number of nitrogens with zero attached hydrogens (tertiary/aromatic N) is 2. The Labute approximate surface area is 133 Å². The van der Waals surface area contributed by atoms with Crippen LogP contribution in [0.4, 0.5) is 0 Å². The molecule has 2 aromatic rings. The number of benzene rings is 1. The van der Waals surface area contributed by atoms with Crippen molar-refractivity contribution in [2.75, 3.05) is 6.54 Å². The highest BCUT2D eigenvalue weighted by Gasteiger charge is 2.15. The van der Waals surface area contributed by atoms with Crippen LogP contribution in [-0.2, 0) is 19.7 Å². The summed E-state index contributed by atoms with van der Waals surface area (Å²) in [4.78, 5) is 13.6. The Morgan fingerprint density at radius 3 is 2.61 bits per heavy atom. The maximum atomic E-state index is 11.7. The Morgan fingerprint density at radius 1 is 1.22 bits per heavy atom. The fourth-order valence-electron chi connectivity index (χ4n) is 2.24. The Bertz CT molecular complexity index is 734. The van der Waals surface area contributed by atoms with E-state index in [1.54, 1.807) is 0 Å². The van der Waals surface area contributed by atoms with Gasteiger partial charge < -0.3 is 14.6 Å². The third kappa shape index (κ3) is 4.68. The van der Waals surface area contributed by atoms with Gasteiger partial charge in [-0.2, -0.15) is 5.26 Å². The third-order valence-corrected chi connectivity index (χ3v) is 3.36. The number of nitriles is 1. The highest BCUT2D eigenvalue weighted by Crippen LogP contribution is 2.18. The SMILES string of the molecule is N#CCCN(Cc1ccccc1)Cc1oc(CO)cc(=O)c1O. The van der Waals surface area contributed by atoms with E-state index in [4.69, 9.17) is 14.8 Å². The Morgan fingerprint density at radius 2 is 1.96 bits per heavy atom. The summed E-state index contributed by atoms with van der Waals surface area (Å²) >= 11 is 0. The molecule has 0 aliphatic carbocycles. The van der Waals surface area contributed by atoms with E-state index in [1.165, 1.54) is 0 Å². The molecule has 0 amide bonds. The average Bonchev–Trinajstić information content (AvgIpc) is 2.57. The lowest BCUT2D eigenvalue weighted by Gasteiger charge is -2.21. The van der Waals surface area contributed by atoms with Gasteiger partial charge in [-0.3, -0.25) is 9.69 Å². The van der Waals surface area contributed by atoms with Gasteiger partial charge >= 0.3 is 0 Å². The summed E-state index contributed by atoms with van der Waals surface area (Å²) in [6, 6.07) is 12.8. The van der Waals surface area contributed by atoms with E-state index in [-0.39, 0.29) is 18.1 Å². The molecule has 1 aromatic heterocycles. The van der Waals surface area contributed by atoms with Crippen molar-refractivity contribution in [3.8, 4) is 11.8 Å². The average molecular weight is 314 g/mol. The van der Waals surface area contributed by atoms with Gasteiger partial charge in [-0.1, -0.05) is 30.3 Å². The number of rotatable bonds is 7. The predicted octanol–water partition coefficient (Wildman–Crippen LogP) is 1.75. The fraction of sp³-hybridized carbons (Fsp3) is 0.294. The molecule has 0 aliphatic heterocycles. The van der Waals surface area contributed by atoms with Gasteiger partial charge in [0.15, 0.2) is 5.76 Å². The monoisotopic (exact) mass is 314 g/mol. The van der Waals surface area contributed by atoms with Gasteiger partial charge in [0, 0.05) is 25.6 Å². The molecule has 0 aliphatic rings. The van der Waals surface area contributed by atoms with Crippen LogP contribution in [0.1, 0.15) is 23.5 Å². The lowest BCUT2D eigenvalue weighted by molar-refractivity contribution is 0.203. The van der Waals surface area contributed by atoms with Gasteiger partial charge in [-0.15, -0.1) is 0 Å². The minimum absolute atomic E-state index is 0.0930. The number of aromatic hydroxyl groups is 1. The molecule has 0 saturated carbocycles. The molecule has 0 fully saturated rings. The van der Waals surface area contributed by atoms with Crippen molar-refractivity contribution in [3.05, 3.63) is 63.7 Å². The second-order valence-corrected chi connectivity index (χ2v) is 5.11. The first-order chi connectivity index (χ1) is 11.1. The zero-order chi connectivity index (χ0) is 16.7. The van der Waals surface area contributed by atoms with Crippen molar-refractivity contribution in [2.24, 2.45) is 0 Å². The number of hydrogen-bond acceptors (Lipinski definition) is 6. The van der Waals surface area contributed by atoms with E-state index in [1.807, 2.05) is 35.2 Å². The van der Waals surface area contributed by atoms with Crippen LogP contribution in [-0.4, -0.2) is 21.7 Å². The van der Waals surface area contributed by atoms with E-state index in [2.05, 4.69) is 6.07 Å². The Hall–Kier alpha value is -2.62. The standard InChI is InChI=1S/C17H18N2O4/c18-7-4-8-19(10-13-5-2-1-3-6-13)11-16-17(22)15(21)9-14(12-20)23-16/h1-3,5-6,9,20,22H,4,8,10-12H2. The van der Waals surface area contributed by atoms with Gasteiger partial charge in [-0.05, 0) is 5.56 Å². The lowest BCUT2D eigenvalue weighted by Crippen LogP contribution is -2.24. The molecule has 0 atom stereocenters. The smallest absolute Gasteiger partial charge is 0.227 e. The maximum absolute atomic E-state index is 11.7. The molecule has 120 valence electrons. The van der Waals surface area contributed by atoms with Crippen molar-refractivity contribution in [2.45, 2.75) is 26.1 Å². The van der Waals surface area contributed by atoms with Crippen LogP contribution in [0.2, 0.25) is 0 Å². The van der Waals surface area contributed by atoms with E-state index in [9.17, 15) is 9.90 Å². The van der Waals surface area contributed by atoms with Gasteiger partial charge in [0.2, 0.25) is 11.2 Å². The summed E-state index contributed by atoms with van der Waals surface area (Å²) in [5.41, 5.74) is 0.459. The first-order valence-corrected chi connectivity index (χ1v) is 7.23. The second-order valence-electron chi connectivity index (χ2n) is 5.11. The van der Waals surface area contributed by atoms with E-state index in [0.717, 1.165) is 11.6 Å². The molecular weight excluding hydrogens is 296 g/mol. The summed E-state index contributed by atoms with van der Waals surface area (Å²) < 4.78 is 5.36. The normalized spacial score (nSPS) is 10.7. The van der Waals surface area contributed by atoms with Crippen molar-refractivity contribution < 1.29 is 14.6 Å². The molecule has 23 heavy (non-hydrogen) atoms. The van der Waals surface area contributed by atoms with Gasteiger partial charge in [-0.25, -0.2) is 0 Å². The molecule has 0 bridgehead atoms. The van der Waals surface area contributed by atoms with E-state index < -0.39 is 17.8 Å². The summed E-state index contributed by atoms with van der Waals surface area (Å²) in [5, 5.41) is 27.8. The quantitative estimate of drug-likeness (QED) is 0.808. The highest BCUT2D eigenvalue weighted by atomic mass is 16.4. The molecule has 6 heteroatoms. The zero-order valence-electron chi connectivity index (χ0n) is 12.6. The van der Waals surface area contributed by atoms with Gasteiger partial charge in [0.1, 0.15) is 12.4 Å². The first-order valence-electron chi connectivity index (χ1n) is 7.23. The summed E-state index contributed by atoms with van der Waals surface area (Å²) in [5.74, 6) is -0.268. The minimum atomic E-state index is -0.588. The van der Waals surface area contributed by atoms with Crippen LogP contribution in [0.15, 0.2) is 45.6 Å². The number of aliphatic hydroxyl groups is 1. The van der Waals surface area contributed by atoms with Crippen molar-refractivity contribution in [1.82, 2.24) is 4.90 Å². The topological polar surface area (TPSA) is 97.7 Å². The molecule has 0 radical (unpaired) electrons. The molecule has 1 heterocycles. The number of aliphatic hydroxyl groups excluding tert-OH is 1. The van der Waals surface area contributed by atoms with Crippen molar-refractivity contribution in [3.63, 3.8) is 0 Å². The largest absolute Gasteiger partial charge is 0.502 e. The fourth-order valence-corrected chi connectivity index (χ4v) is 2.24. The van der Waals surface area contributed by atoms with Crippen LogP contribution in [0, 0.1) is 11.3 Å². The first kappa shape index (κ1) is 16.7. The van der Waals surface area contributed by atoms with Crippen LogP contribution in [0.5, 0.6) is 5.75 Å². The van der Waals surface area contributed by atoms with Crippen LogP contribution in [0.25, 0.3) is 0 Å². The molecular formula is C17H18N2O4. The molecule has 2 rings (SSSR count). The Kier molecular flexibility index (Phi) is 5.92. The molecule has 0 spiro atoms. The van der Waals surface area contributed by atoms with Crippen LogP contribution >= 0.6 is 0 Å². The third-order valence-electron chi connectivity index (χ3n) is 3.36. The molecule has 6 nitrogen and oxygen atoms in total. The van der Waals surface area contributed by atoms with Crippen LogP contribution in [0.3, 0.4) is 0 Å². The van der Waals surface area contributed by atoms with Crippen LogP contribution < -0.4 is 5.43 Å². The van der Waals surface area contributed by atoms with E-state index >= 15 is 0 Å². The van der Waals surface area contributed by atoms with Gasteiger partial charge in [0.25, 0.3) is 0 Å². The van der Waals surface area contributed by atoms with Crippen molar-refractivity contribution >= 4 is 0 Å². The second kappa shape index (κ2) is 8.13. The van der Waals surface area contributed by atoms with E-state index in [0.29, 0.717) is 19.5 Å². The predicted molar refractivity (Wildman–Crippen MR) is 83.4 cm³/mol. The minimum Gasteiger partial charge on any atom is -0.502 e. The highest BCUT2D eigenvalue weighted by molar-refractivity contribution is 5.25. The molecule has 1 aromatic carbocycles. The number of hydrogen-bond donors (Lipinski definition) is 2. The van der Waals surface area contributed by atoms with Crippen molar-refractivity contribution in [1.29, 1.82) is 5.26 Å². The zero-order valence-corrected chi connectivity index (χ0v) is 12.6. The van der Waals surface area contributed by atoms with Gasteiger partial charge in [0.05, 0.1) is 12.6 Å². The molecule has 0 unspecified atom stereocenters. The Balaban J connectivity index is 2.22. The summed E-state index contributed by atoms with van der Waals surface area (Å²) in [7, 11) is 0. The summed E-state index contributed by atoms with van der Waals surface area (Å²) in [6.07, 6.45) is 0.317. The molecule has 2 N–H and O–H groups in total. The maximum Gasteiger partial charge on any atom is 0.227 e. The lowest BCUT2D eigenvalue weighted by atomic mass is 10.2. The summed E-state index contributed by atoms with van der Waals surface area (Å²) in [6.45, 7) is 0.776.